The van der Waals surface area contributed by atoms with E-state index in [1.807, 2.05) is 6.07 Å². The lowest BCUT2D eigenvalue weighted by Gasteiger charge is -2.42. The van der Waals surface area contributed by atoms with Crippen molar-refractivity contribution >= 4 is 34.5 Å². The Bertz CT molecular complexity index is 3630. The number of fused-ring (bicyclic) bond motifs is 17. The highest BCUT2D eigenvalue weighted by atomic mass is 15.1. The second kappa shape index (κ2) is 13.8. The molecule has 4 nitrogen and oxygen atoms in total. The summed E-state index contributed by atoms with van der Waals surface area (Å²) in [4.78, 5) is 18.4. The maximum absolute atomic E-state index is 5.32. The molecule has 300 valence electrons. The summed E-state index contributed by atoms with van der Waals surface area (Å²) in [5, 5.41) is 2.25. The second-order valence-electron chi connectivity index (χ2n) is 17.4. The molecule has 65 heavy (non-hydrogen) atoms. The number of allylic oxidation sites excluding steroid dienone is 2. The molecule has 0 saturated carbocycles. The number of hydrogen-bond donors (Lipinski definition) is 0. The van der Waals surface area contributed by atoms with Gasteiger partial charge in [0, 0.05) is 39.2 Å². The zero-order valence-corrected chi connectivity index (χ0v) is 35.2. The third-order valence-corrected chi connectivity index (χ3v) is 14.2. The van der Waals surface area contributed by atoms with Crippen LogP contribution >= 0.6 is 0 Å². The average molecular weight is 825 g/mol. The van der Waals surface area contributed by atoms with E-state index in [-0.39, 0.29) is 6.85 Å². The van der Waals surface area contributed by atoms with Gasteiger partial charge in [-0.2, -0.15) is 0 Å². The number of anilines is 1. The first-order chi connectivity index (χ1) is 32.2. The predicted octanol–water partition coefficient (Wildman–Crippen LogP) is 13.2. The van der Waals surface area contributed by atoms with Crippen LogP contribution in [0.4, 0.5) is 5.69 Å². The molecular weight excluding hydrogens is 787 g/mol. The second-order valence-corrected chi connectivity index (χ2v) is 17.4. The van der Waals surface area contributed by atoms with Gasteiger partial charge in [0.1, 0.15) is 0 Å². The highest BCUT2D eigenvalue weighted by Gasteiger charge is 2.55. The average Bonchev–Trinajstić information content (AvgIpc) is 3.86. The van der Waals surface area contributed by atoms with Gasteiger partial charge in [0.15, 0.2) is 17.5 Å². The normalized spacial score (nSPS) is 14.4. The fraction of sp³-hybridized carbons (Fsp3) is 0.0167. The van der Waals surface area contributed by atoms with Crippen LogP contribution in [0.15, 0.2) is 230 Å². The van der Waals surface area contributed by atoms with Crippen LogP contribution in [0.1, 0.15) is 22.3 Å². The van der Waals surface area contributed by atoms with E-state index < -0.39 is 5.41 Å². The Morgan fingerprint density at radius 2 is 0.923 bits per heavy atom. The fourth-order valence-corrected chi connectivity index (χ4v) is 11.4. The fourth-order valence-electron chi connectivity index (χ4n) is 11.4. The van der Waals surface area contributed by atoms with Gasteiger partial charge >= 0.3 is 6.85 Å². The van der Waals surface area contributed by atoms with Gasteiger partial charge in [0.2, 0.25) is 0 Å². The maximum atomic E-state index is 5.32. The summed E-state index contributed by atoms with van der Waals surface area (Å²) in [6, 6.07) is 76.7. The summed E-state index contributed by atoms with van der Waals surface area (Å²) in [5.74, 6) is 4.35. The highest BCUT2D eigenvalue weighted by Crippen LogP contribution is 2.64. The molecule has 14 rings (SSSR count). The molecule has 10 aromatic rings. The molecule has 0 N–H and O–H groups in total. The van der Waals surface area contributed by atoms with E-state index in [4.69, 9.17) is 15.0 Å². The van der Waals surface area contributed by atoms with Crippen molar-refractivity contribution < 1.29 is 0 Å². The Kier molecular flexibility index (Phi) is 7.67. The van der Waals surface area contributed by atoms with E-state index in [2.05, 4.69) is 223 Å². The van der Waals surface area contributed by atoms with E-state index >= 15 is 0 Å². The Morgan fingerprint density at radius 1 is 0.385 bits per heavy atom. The molecule has 0 amide bonds. The number of hydrogen-bond acceptors (Lipinski definition) is 4. The molecular formula is C60H37BN4. The van der Waals surface area contributed by atoms with Crippen LogP contribution in [0.2, 0.25) is 0 Å². The van der Waals surface area contributed by atoms with Crippen LogP contribution in [0, 0.1) is 0 Å². The zero-order chi connectivity index (χ0) is 42.6. The highest BCUT2D eigenvalue weighted by molar-refractivity contribution is 6.85. The number of rotatable bonds is 4. The third-order valence-electron chi connectivity index (χ3n) is 14.2. The monoisotopic (exact) mass is 824 g/mol. The summed E-state index contributed by atoms with van der Waals surface area (Å²) in [5.41, 5.74) is 20.0. The van der Waals surface area contributed by atoms with Crippen molar-refractivity contribution in [3.05, 3.63) is 252 Å². The molecule has 0 fully saturated rings. The molecule has 0 bridgehead atoms. The van der Waals surface area contributed by atoms with Gasteiger partial charge in [-0.1, -0.05) is 206 Å². The molecule has 3 heterocycles. The third kappa shape index (κ3) is 5.12. The van der Waals surface area contributed by atoms with Crippen molar-refractivity contribution in [1.82, 2.24) is 15.0 Å². The van der Waals surface area contributed by atoms with Crippen LogP contribution in [-0.2, 0) is 5.41 Å². The van der Waals surface area contributed by atoms with Crippen LogP contribution < -0.4 is 10.3 Å². The van der Waals surface area contributed by atoms with E-state index in [1.165, 1.54) is 66.9 Å². The Balaban J connectivity index is 0.970. The quantitative estimate of drug-likeness (QED) is 0.166. The molecule has 2 aliphatic heterocycles. The van der Waals surface area contributed by atoms with Gasteiger partial charge in [-0.3, -0.25) is 0 Å². The largest absolute Gasteiger partial charge is 0.376 e. The molecule has 5 heteroatoms. The van der Waals surface area contributed by atoms with Gasteiger partial charge in [0.05, 0.1) is 5.41 Å². The summed E-state index contributed by atoms with van der Waals surface area (Å²) < 4.78 is 0. The van der Waals surface area contributed by atoms with Gasteiger partial charge in [0.25, 0.3) is 0 Å². The number of nitrogens with zero attached hydrogens (tertiary/aromatic N) is 4. The minimum atomic E-state index is -0.434. The lowest BCUT2D eigenvalue weighted by molar-refractivity contribution is 0.785. The number of benzene rings is 9. The van der Waals surface area contributed by atoms with Crippen molar-refractivity contribution in [1.29, 1.82) is 0 Å². The first-order valence-electron chi connectivity index (χ1n) is 22.4. The van der Waals surface area contributed by atoms with Crippen molar-refractivity contribution in [2.24, 2.45) is 0 Å². The summed E-state index contributed by atoms with van der Waals surface area (Å²) >= 11 is 0. The summed E-state index contributed by atoms with van der Waals surface area (Å²) in [6.45, 7) is 0.0130. The molecule has 9 aromatic carbocycles. The molecule has 0 unspecified atom stereocenters. The van der Waals surface area contributed by atoms with Gasteiger partial charge in [-0.05, 0) is 84.5 Å². The molecule has 4 aliphatic rings. The number of aromatic nitrogens is 3. The van der Waals surface area contributed by atoms with E-state index in [1.54, 1.807) is 0 Å². The van der Waals surface area contributed by atoms with Gasteiger partial charge in [-0.25, -0.2) is 15.0 Å². The lowest BCUT2D eigenvalue weighted by Crippen LogP contribution is -2.51. The Labute approximate surface area is 377 Å². The molecule has 0 atom stereocenters. The van der Waals surface area contributed by atoms with E-state index in [9.17, 15) is 0 Å². The predicted molar refractivity (Wildman–Crippen MR) is 267 cm³/mol. The minimum absolute atomic E-state index is 0.0130. The topological polar surface area (TPSA) is 41.9 Å². The van der Waals surface area contributed by atoms with Crippen molar-refractivity contribution in [2.45, 2.75) is 5.41 Å². The first-order valence-corrected chi connectivity index (χ1v) is 22.4. The molecule has 1 spiro atoms. The molecule has 1 aromatic heterocycles. The molecule has 2 aliphatic carbocycles. The summed E-state index contributed by atoms with van der Waals surface area (Å²) in [6.07, 6.45) is 2.44. The first kappa shape index (κ1) is 36.1. The Morgan fingerprint density at radius 3 is 1.69 bits per heavy atom. The SMILES string of the molecule is C1=CC2=C(c3ccccc3C23c2ccccc2-c2ccccc23)N2B1c1ccccc1-c1cc(-c3nc(-c4ccc(-c5ccccc5)cc4)nc(-c4cccc5ccccc45)n3)ccc12. The smallest absolute Gasteiger partial charge is 0.321 e. The van der Waals surface area contributed by atoms with E-state index in [0.717, 1.165) is 38.6 Å². The minimum Gasteiger partial charge on any atom is -0.376 e. The molecule has 0 saturated heterocycles. The van der Waals surface area contributed by atoms with Crippen molar-refractivity contribution in [3.63, 3.8) is 0 Å². The van der Waals surface area contributed by atoms with Crippen molar-refractivity contribution in [3.8, 4) is 67.5 Å². The van der Waals surface area contributed by atoms with Gasteiger partial charge in [-0.15, -0.1) is 0 Å². The maximum Gasteiger partial charge on any atom is 0.321 e. The zero-order valence-electron chi connectivity index (χ0n) is 35.2. The van der Waals surface area contributed by atoms with Crippen LogP contribution in [0.5, 0.6) is 0 Å². The van der Waals surface area contributed by atoms with E-state index in [0.29, 0.717) is 17.5 Å². The standard InChI is InChI=1S/C60H37BN4/c1-2-15-38(16-3-1)39-29-31-41(32-30-39)57-62-58(64-59(63-57)47-24-14-18-40-17-4-5-19-43(40)47)42-33-34-55-49(37-42)46-22-9-13-28-54(46)61-36-35-53-56(65(55)61)48-23-8-12-27-52(48)60(53)50-25-10-6-20-44(50)45-21-7-11-26-51(45)60/h1-37H. The van der Waals surface area contributed by atoms with Crippen molar-refractivity contribution in [2.75, 3.05) is 4.81 Å². The Hall–Kier alpha value is -8.41. The van der Waals surface area contributed by atoms with Crippen LogP contribution in [-0.4, -0.2) is 21.8 Å². The lowest BCUT2D eigenvalue weighted by atomic mass is 9.48. The van der Waals surface area contributed by atoms with Crippen LogP contribution in [0.3, 0.4) is 0 Å². The molecule has 0 radical (unpaired) electrons. The van der Waals surface area contributed by atoms with Gasteiger partial charge < -0.3 is 4.81 Å². The van der Waals surface area contributed by atoms with Crippen LogP contribution in [0.25, 0.3) is 84.0 Å². The summed E-state index contributed by atoms with van der Waals surface area (Å²) in [7, 11) is 0.